The van der Waals surface area contributed by atoms with Gasteiger partial charge in [-0.25, -0.2) is 0 Å². The van der Waals surface area contributed by atoms with Crippen molar-refractivity contribution in [3.8, 4) is 0 Å². The zero-order valence-electron chi connectivity index (χ0n) is 11.8. The van der Waals surface area contributed by atoms with Crippen LogP contribution in [0.15, 0.2) is 18.2 Å². The van der Waals surface area contributed by atoms with Gasteiger partial charge in [0.15, 0.2) is 0 Å². The van der Waals surface area contributed by atoms with Crippen molar-refractivity contribution in [2.45, 2.75) is 33.6 Å². The summed E-state index contributed by atoms with van der Waals surface area (Å²) in [4.78, 5) is 12.8. The molecule has 1 rings (SSSR count). The Kier molecular flexibility index (Phi) is 6.16. The Morgan fingerprint density at radius 1 is 1.37 bits per heavy atom. The highest BCUT2D eigenvalue weighted by molar-refractivity contribution is 6.31. The van der Waals surface area contributed by atoms with Crippen LogP contribution in [0.25, 0.3) is 0 Å². The normalized spacial score (nSPS) is 10.8. The molecule has 1 N–H and O–H groups in total. The molecule has 0 radical (unpaired) electrons. The lowest BCUT2D eigenvalue weighted by atomic mass is 10.1. The van der Waals surface area contributed by atoms with Crippen LogP contribution in [0.1, 0.15) is 32.3 Å². The number of carbonyl (C=O) groups is 1. The maximum atomic E-state index is 10.7. The minimum atomic E-state index is -0.771. The summed E-state index contributed by atoms with van der Waals surface area (Å²) in [6.45, 7) is 7.66. The molecule has 0 saturated carbocycles. The van der Waals surface area contributed by atoms with E-state index in [9.17, 15) is 4.79 Å². The van der Waals surface area contributed by atoms with Gasteiger partial charge in [-0.2, -0.15) is 0 Å². The summed E-state index contributed by atoms with van der Waals surface area (Å²) in [6, 6.07) is 5.89. The molecule has 0 unspecified atom stereocenters. The fraction of sp³-hybridized carbons (Fsp3) is 0.533. The van der Waals surface area contributed by atoms with E-state index in [1.54, 1.807) is 0 Å². The molecule has 1 aromatic carbocycles. The molecule has 0 saturated heterocycles. The van der Waals surface area contributed by atoms with Crippen LogP contribution in [-0.4, -0.2) is 24.2 Å². The molecule has 0 aliphatic heterocycles. The highest BCUT2D eigenvalue weighted by Crippen LogP contribution is 2.24. The smallest absolute Gasteiger partial charge is 0.305 e. The third-order valence-corrected chi connectivity index (χ3v) is 3.50. The van der Waals surface area contributed by atoms with E-state index in [2.05, 4.69) is 18.7 Å². The molecule has 0 spiro atoms. The van der Waals surface area contributed by atoms with E-state index >= 15 is 0 Å². The van der Waals surface area contributed by atoms with E-state index in [1.165, 1.54) is 0 Å². The summed E-state index contributed by atoms with van der Waals surface area (Å²) < 4.78 is 0. The summed E-state index contributed by atoms with van der Waals surface area (Å²) in [5, 5.41) is 9.56. The van der Waals surface area contributed by atoms with Gasteiger partial charge in [0, 0.05) is 23.8 Å². The van der Waals surface area contributed by atoms with Gasteiger partial charge in [-0.1, -0.05) is 31.5 Å². The monoisotopic (exact) mass is 283 g/mol. The standard InChI is InChI=1S/C15H22ClNO2/c1-11(2)6-8-17(9-7-15(18)19)13-5-4-12(3)14(16)10-13/h4-5,10-11H,6-9H2,1-3H3,(H,18,19). The fourth-order valence-corrected chi connectivity index (χ4v) is 1.97. The molecule has 0 aromatic heterocycles. The van der Waals surface area contributed by atoms with Gasteiger partial charge in [0.1, 0.15) is 0 Å². The molecule has 0 fully saturated rings. The van der Waals surface area contributed by atoms with Crippen molar-refractivity contribution in [2.24, 2.45) is 5.92 Å². The van der Waals surface area contributed by atoms with Crippen LogP contribution >= 0.6 is 11.6 Å². The van der Waals surface area contributed by atoms with E-state index in [0.29, 0.717) is 12.5 Å². The quantitative estimate of drug-likeness (QED) is 0.823. The minimum Gasteiger partial charge on any atom is -0.481 e. The van der Waals surface area contributed by atoms with E-state index in [4.69, 9.17) is 16.7 Å². The van der Waals surface area contributed by atoms with Crippen molar-refractivity contribution in [1.82, 2.24) is 0 Å². The number of halogens is 1. The molecular formula is C15H22ClNO2. The number of benzene rings is 1. The van der Waals surface area contributed by atoms with Gasteiger partial charge in [-0.15, -0.1) is 0 Å². The van der Waals surface area contributed by atoms with Crippen LogP contribution in [0.4, 0.5) is 5.69 Å². The van der Waals surface area contributed by atoms with E-state index in [0.717, 1.165) is 29.2 Å². The lowest BCUT2D eigenvalue weighted by Gasteiger charge is -2.25. The molecule has 0 amide bonds. The highest BCUT2D eigenvalue weighted by Gasteiger charge is 2.10. The number of aliphatic carboxylic acids is 1. The van der Waals surface area contributed by atoms with E-state index in [-0.39, 0.29) is 6.42 Å². The third kappa shape index (κ3) is 5.52. The van der Waals surface area contributed by atoms with Crippen molar-refractivity contribution < 1.29 is 9.90 Å². The summed E-state index contributed by atoms with van der Waals surface area (Å²) >= 11 is 6.14. The molecule has 0 aliphatic carbocycles. The van der Waals surface area contributed by atoms with Gasteiger partial charge in [-0.05, 0) is 37.0 Å². The molecule has 0 bridgehead atoms. The summed E-state index contributed by atoms with van der Waals surface area (Å²) in [5.41, 5.74) is 2.03. The number of rotatable bonds is 7. The Hall–Kier alpha value is -1.22. The number of anilines is 1. The number of carboxylic acid groups (broad SMARTS) is 1. The van der Waals surface area contributed by atoms with Gasteiger partial charge in [-0.3, -0.25) is 4.79 Å². The lowest BCUT2D eigenvalue weighted by Crippen LogP contribution is -2.28. The van der Waals surface area contributed by atoms with Crippen LogP contribution in [0, 0.1) is 12.8 Å². The highest BCUT2D eigenvalue weighted by atomic mass is 35.5. The first-order valence-corrected chi connectivity index (χ1v) is 7.01. The Labute approximate surface area is 120 Å². The Bertz CT molecular complexity index is 432. The molecule has 4 heteroatoms. The van der Waals surface area contributed by atoms with Crippen molar-refractivity contribution >= 4 is 23.3 Å². The topological polar surface area (TPSA) is 40.5 Å². The van der Waals surface area contributed by atoms with Crippen LogP contribution in [-0.2, 0) is 4.79 Å². The third-order valence-electron chi connectivity index (χ3n) is 3.09. The molecule has 0 aliphatic rings. The first-order chi connectivity index (χ1) is 8.90. The molecular weight excluding hydrogens is 262 g/mol. The number of hydrogen-bond donors (Lipinski definition) is 1. The van der Waals surface area contributed by atoms with Crippen molar-refractivity contribution in [2.75, 3.05) is 18.0 Å². The van der Waals surface area contributed by atoms with Crippen LogP contribution < -0.4 is 4.90 Å². The fourth-order valence-electron chi connectivity index (χ4n) is 1.79. The van der Waals surface area contributed by atoms with Crippen molar-refractivity contribution in [3.05, 3.63) is 28.8 Å². The van der Waals surface area contributed by atoms with Gasteiger partial charge >= 0.3 is 5.97 Å². The molecule has 0 heterocycles. The first kappa shape index (κ1) is 15.8. The van der Waals surface area contributed by atoms with E-state index in [1.807, 2.05) is 25.1 Å². The second-order valence-corrected chi connectivity index (χ2v) is 5.65. The van der Waals surface area contributed by atoms with Crippen LogP contribution in [0.5, 0.6) is 0 Å². The Balaban J connectivity index is 2.80. The SMILES string of the molecule is Cc1ccc(N(CCC(=O)O)CCC(C)C)cc1Cl. The van der Waals surface area contributed by atoms with Gasteiger partial charge in [0.05, 0.1) is 6.42 Å². The summed E-state index contributed by atoms with van der Waals surface area (Å²) in [6.07, 6.45) is 1.18. The number of aryl methyl sites for hydroxylation is 1. The molecule has 106 valence electrons. The Morgan fingerprint density at radius 2 is 2.05 bits per heavy atom. The van der Waals surface area contributed by atoms with Crippen LogP contribution in [0.3, 0.4) is 0 Å². The lowest BCUT2D eigenvalue weighted by molar-refractivity contribution is -0.136. The molecule has 0 atom stereocenters. The number of hydrogen-bond acceptors (Lipinski definition) is 2. The summed E-state index contributed by atoms with van der Waals surface area (Å²) in [7, 11) is 0. The predicted octanol–water partition coefficient (Wildman–Crippen LogP) is 3.98. The van der Waals surface area contributed by atoms with Crippen LogP contribution in [0.2, 0.25) is 5.02 Å². The summed E-state index contributed by atoms with van der Waals surface area (Å²) in [5.74, 6) is -0.180. The van der Waals surface area contributed by atoms with E-state index < -0.39 is 5.97 Å². The van der Waals surface area contributed by atoms with Crippen molar-refractivity contribution in [1.29, 1.82) is 0 Å². The molecule has 3 nitrogen and oxygen atoms in total. The first-order valence-electron chi connectivity index (χ1n) is 6.63. The average molecular weight is 284 g/mol. The minimum absolute atomic E-state index is 0.142. The second-order valence-electron chi connectivity index (χ2n) is 5.25. The zero-order valence-corrected chi connectivity index (χ0v) is 12.6. The predicted molar refractivity (Wildman–Crippen MR) is 80.1 cm³/mol. The number of nitrogens with zero attached hydrogens (tertiary/aromatic N) is 1. The van der Waals surface area contributed by atoms with Gasteiger partial charge in [0.25, 0.3) is 0 Å². The molecule has 1 aromatic rings. The molecule has 19 heavy (non-hydrogen) atoms. The van der Waals surface area contributed by atoms with Gasteiger partial charge in [0.2, 0.25) is 0 Å². The maximum Gasteiger partial charge on any atom is 0.305 e. The zero-order chi connectivity index (χ0) is 14.4. The largest absolute Gasteiger partial charge is 0.481 e. The average Bonchev–Trinajstić information content (AvgIpc) is 2.32. The van der Waals surface area contributed by atoms with Gasteiger partial charge < -0.3 is 10.0 Å². The Morgan fingerprint density at radius 3 is 2.58 bits per heavy atom. The number of carboxylic acids is 1. The second kappa shape index (κ2) is 7.39. The van der Waals surface area contributed by atoms with Crippen molar-refractivity contribution in [3.63, 3.8) is 0 Å². The maximum absolute atomic E-state index is 10.7.